The van der Waals surface area contributed by atoms with Crippen molar-refractivity contribution in [2.45, 2.75) is 95.7 Å². The van der Waals surface area contributed by atoms with Gasteiger partial charge in [-0.3, -0.25) is 9.59 Å². The Morgan fingerprint density at radius 3 is 2.45 bits per heavy atom. The number of benzene rings is 1. The lowest BCUT2D eigenvalue weighted by atomic mass is 9.80. The highest BCUT2D eigenvalue weighted by Gasteiger charge is 2.36. The first-order valence-electron chi connectivity index (χ1n) is 14.1. The van der Waals surface area contributed by atoms with Crippen molar-refractivity contribution < 1.29 is 23.1 Å². The summed E-state index contributed by atoms with van der Waals surface area (Å²) >= 11 is 1.40. The fraction of sp³-hybridized carbons (Fsp3) is 0.533. The summed E-state index contributed by atoms with van der Waals surface area (Å²) < 4.78 is 32.3. The van der Waals surface area contributed by atoms with Crippen molar-refractivity contribution in [3.63, 3.8) is 0 Å². The van der Waals surface area contributed by atoms with Crippen LogP contribution in [0.25, 0.3) is 21.3 Å². The summed E-state index contributed by atoms with van der Waals surface area (Å²) in [4.78, 5) is 24.9. The number of carbonyl (C=O) groups is 2. The molecule has 0 saturated heterocycles. The summed E-state index contributed by atoms with van der Waals surface area (Å²) in [7, 11) is -3.74. The molecule has 0 unspecified atom stereocenters. The second kappa shape index (κ2) is 10.9. The summed E-state index contributed by atoms with van der Waals surface area (Å²) in [6.07, 6.45) is 6.88. The molecular weight excluding hydrogens is 546 g/mol. The molecule has 2 saturated carbocycles. The van der Waals surface area contributed by atoms with Crippen LogP contribution in [0.4, 0.5) is 0 Å². The molecule has 2 aliphatic rings. The Morgan fingerprint density at radius 1 is 1.10 bits per heavy atom. The molecule has 3 N–H and O–H groups in total. The van der Waals surface area contributed by atoms with Crippen LogP contribution in [0.15, 0.2) is 34.5 Å². The van der Waals surface area contributed by atoms with E-state index >= 15 is 0 Å². The summed E-state index contributed by atoms with van der Waals surface area (Å²) in [5.74, 6) is -0.881. The molecule has 8 nitrogen and oxygen atoms in total. The quantitative estimate of drug-likeness (QED) is 0.303. The first-order chi connectivity index (χ1) is 18.8. The van der Waals surface area contributed by atoms with Gasteiger partial charge in [-0.15, -0.1) is 11.3 Å². The van der Waals surface area contributed by atoms with Gasteiger partial charge in [0.15, 0.2) is 0 Å². The first kappa shape index (κ1) is 28.8. The number of carboxylic acids is 1. The lowest BCUT2D eigenvalue weighted by Crippen LogP contribution is -2.46. The number of rotatable bonds is 8. The minimum Gasteiger partial charge on any atom is -0.481 e. The van der Waals surface area contributed by atoms with Crippen molar-refractivity contribution >= 4 is 43.3 Å². The molecule has 0 radical (unpaired) electrons. The van der Waals surface area contributed by atoms with Crippen LogP contribution < -0.4 is 10.0 Å². The van der Waals surface area contributed by atoms with Gasteiger partial charge in [0.25, 0.3) is 5.91 Å². The van der Waals surface area contributed by atoms with Crippen molar-refractivity contribution in [1.29, 1.82) is 0 Å². The Balaban J connectivity index is 1.54. The molecule has 0 atom stereocenters. The van der Waals surface area contributed by atoms with Crippen molar-refractivity contribution in [2.75, 3.05) is 0 Å². The number of aliphatic carboxylic acids is 1. The fourth-order valence-corrected chi connectivity index (χ4v) is 8.91. The van der Waals surface area contributed by atoms with Gasteiger partial charge in [0.05, 0.1) is 21.1 Å². The number of hydrogen-bond acceptors (Lipinski definition) is 5. The number of carboxylic acid groups (broad SMARTS) is 1. The number of aromatic nitrogens is 1. The molecule has 5 rings (SSSR count). The molecule has 0 bridgehead atoms. The van der Waals surface area contributed by atoms with Crippen LogP contribution in [-0.2, 0) is 21.4 Å². The number of fused-ring (bicyclic) bond motifs is 1. The van der Waals surface area contributed by atoms with Gasteiger partial charge in [-0.2, -0.15) is 0 Å². The number of nitrogens with one attached hydrogen (secondary N) is 2. The molecule has 0 aliphatic heterocycles. The number of carbonyl (C=O) groups excluding carboxylic acids is 1. The van der Waals surface area contributed by atoms with Crippen molar-refractivity contribution in [3.05, 3.63) is 40.9 Å². The molecular formula is C30H39N3O5S2. The van der Waals surface area contributed by atoms with E-state index in [1.807, 2.05) is 51.3 Å². The second-order valence-electron chi connectivity index (χ2n) is 12.5. The molecule has 2 fully saturated rings. The van der Waals surface area contributed by atoms with Crippen LogP contribution in [0.1, 0.15) is 81.8 Å². The number of thiophene rings is 1. The molecule has 1 amide bonds. The smallest absolute Gasteiger partial charge is 0.306 e. The van der Waals surface area contributed by atoms with E-state index in [9.17, 15) is 23.1 Å². The van der Waals surface area contributed by atoms with E-state index in [2.05, 4.69) is 14.6 Å². The Hall–Kier alpha value is -2.69. The third-order valence-corrected chi connectivity index (χ3v) is 11.1. The predicted molar refractivity (Wildman–Crippen MR) is 158 cm³/mol. The van der Waals surface area contributed by atoms with Crippen molar-refractivity contribution in [1.82, 2.24) is 14.6 Å². The lowest BCUT2D eigenvalue weighted by Gasteiger charge is -2.32. The second-order valence-corrected chi connectivity index (χ2v) is 15.0. The van der Waals surface area contributed by atoms with Crippen LogP contribution in [0.3, 0.4) is 0 Å². The van der Waals surface area contributed by atoms with Gasteiger partial charge in [0.2, 0.25) is 10.0 Å². The highest BCUT2D eigenvalue weighted by molar-refractivity contribution is 7.90. The molecule has 2 aliphatic carbocycles. The molecule has 40 heavy (non-hydrogen) atoms. The maximum Gasteiger partial charge on any atom is 0.306 e. The largest absolute Gasteiger partial charge is 0.481 e. The Morgan fingerprint density at radius 2 is 1.80 bits per heavy atom. The van der Waals surface area contributed by atoms with Crippen molar-refractivity contribution in [2.24, 2.45) is 11.8 Å². The topological polar surface area (TPSA) is 118 Å². The highest BCUT2D eigenvalue weighted by Crippen LogP contribution is 2.39. The van der Waals surface area contributed by atoms with Gasteiger partial charge in [0, 0.05) is 40.5 Å². The average molecular weight is 586 g/mol. The van der Waals surface area contributed by atoms with E-state index < -0.39 is 27.4 Å². The zero-order valence-corrected chi connectivity index (χ0v) is 25.3. The average Bonchev–Trinajstić information content (AvgIpc) is 3.45. The molecule has 1 aromatic carbocycles. The molecule has 216 valence electrons. The van der Waals surface area contributed by atoms with Crippen LogP contribution in [-0.4, -0.2) is 41.5 Å². The zero-order chi connectivity index (χ0) is 28.8. The molecule has 3 aromatic rings. The minimum absolute atomic E-state index is 0.137. The lowest BCUT2D eigenvalue weighted by molar-refractivity contribution is -0.145. The fourth-order valence-electron chi connectivity index (χ4n) is 6.09. The van der Waals surface area contributed by atoms with Crippen LogP contribution >= 0.6 is 11.3 Å². The Kier molecular flexibility index (Phi) is 7.89. The van der Waals surface area contributed by atoms with E-state index in [0.29, 0.717) is 29.0 Å². The van der Waals surface area contributed by atoms with E-state index in [1.54, 1.807) is 6.07 Å². The maximum atomic E-state index is 13.4. The van der Waals surface area contributed by atoms with Crippen LogP contribution in [0.2, 0.25) is 0 Å². The van der Waals surface area contributed by atoms with Gasteiger partial charge in [-0.1, -0.05) is 25.3 Å². The predicted octanol–water partition coefficient (Wildman–Crippen LogP) is 5.93. The SMILES string of the molecule is Cc1c(C(=O)N[C@H]2C[C@H](C(=O)O)C2)cc(-c2ccc(S(=O)(=O)NC(C)(C)C)c3sccc23)n1CC1CCCCC1. The monoisotopic (exact) mass is 585 g/mol. The minimum atomic E-state index is -3.74. The molecule has 10 heteroatoms. The number of nitrogens with zero attached hydrogens (tertiary/aromatic N) is 1. The molecule has 2 heterocycles. The third-order valence-electron chi connectivity index (χ3n) is 8.19. The van der Waals surface area contributed by atoms with E-state index in [4.69, 9.17) is 0 Å². The normalized spacial score (nSPS) is 20.4. The van der Waals surface area contributed by atoms with Gasteiger partial charge >= 0.3 is 5.97 Å². The van der Waals surface area contributed by atoms with Crippen LogP contribution in [0.5, 0.6) is 0 Å². The number of amides is 1. The summed E-state index contributed by atoms with van der Waals surface area (Å²) in [6.45, 7) is 8.24. The first-order valence-corrected chi connectivity index (χ1v) is 16.5. The van der Waals surface area contributed by atoms with Gasteiger partial charge in [0.1, 0.15) is 0 Å². The summed E-state index contributed by atoms with van der Waals surface area (Å²) in [5.41, 5.74) is 2.65. The zero-order valence-electron chi connectivity index (χ0n) is 23.6. The van der Waals surface area contributed by atoms with E-state index in [1.165, 1.54) is 30.6 Å². The number of sulfonamides is 1. The number of hydrogen-bond donors (Lipinski definition) is 3. The van der Waals surface area contributed by atoms with Crippen molar-refractivity contribution in [3.8, 4) is 11.3 Å². The summed E-state index contributed by atoms with van der Waals surface area (Å²) in [6, 6.07) is 7.29. The van der Waals surface area contributed by atoms with Gasteiger partial charge < -0.3 is 15.0 Å². The summed E-state index contributed by atoms with van der Waals surface area (Å²) in [5, 5.41) is 15.0. The van der Waals surface area contributed by atoms with E-state index in [-0.39, 0.29) is 16.8 Å². The Bertz CT molecular complexity index is 1530. The standard InChI is InChI=1S/C30H39N3O5S2/c1-18-24(28(34)31-21-14-20(15-21)29(35)36)16-25(33(18)17-19-8-6-5-7-9-19)22-10-11-26(27-23(22)12-13-39-27)40(37,38)32-30(2,3)4/h10-13,16,19-21,32H,5-9,14-15,17H2,1-4H3,(H,31,34)(H,35,36)/t20-,21-. The van der Waals surface area contributed by atoms with Crippen LogP contribution in [0, 0.1) is 18.8 Å². The van der Waals surface area contributed by atoms with Gasteiger partial charge in [-0.05, 0) is 82.9 Å². The van der Waals surface area contributed by atoms with E-state index in [0.717, 1.165) is 41.7 Å². The molecule has 2 aromatic heterocycles. The third kappa shape index (κ3) is 5.85. The molecule has 0 spiro atoms. The Labute approximate surface area is 240 Å². The van der Waals surface area contributed by atoms with Gasteiger partial charge in [-0.25, -0.2) is 13.1 Å². The maximum absolute atomic E-state index is 13.4. The highest BCUT2D eigenvalue weighted by atomic mass is 32.2.